The number of piperidine rings is 1. The molecule has 0 radical (unpaired) electrons. The lowest BCUT2D eigenvalue weighted by Gasteiger charge is -2.34. The molecule has 25 heavy (non-hydrogen) atoms. The van der Waals surface area contributed by atoms with Gasteiger partial charge < -0.3 is 15.5 Å². The largest absolute Gasteiger partial charge is 0.367 e. The molecule has 6 nitrogen and oxygen atoms in total. The topological polar surface area (TPSA) is 57.5 Å². The maximum Gasteiger partial charge on any atom is 0.191 e. The summed E-state index contributed by atoms with van der Waals surface area (Å²) in [5, 5.41) is 11.2. The van der Waals surface area contributed by atoms with E-state index in [0.717, 1.165) is 42.9 Å². The summed E-state index contributed by atoms with van der Waals surface area (Å²) in [6, 6.07) is 8.70. The highest BCUT2D eigenvalue weighted by atomic mass is 79.9. The fraction of sp³-hybridized carbons (Fsp3) is 0.444. The van der Waals surface area contributed by atoms with Gasteiger partial charge in [0, 0.05) is 50.4 Å². The Kier molecular flexibility index (Phi) is 5.96. The number of guanidine groups is 1. The number of aliphatic imine (C=N–C) groups is 1. The minimum absolute atomic E-state index is 0.380. The first-order valence-electron chi connectivity index (χ1n) is 8.59. The normalized spacial score (nSPS) is 18.3. The molecule has 2 N–H and O–H groups in total. The number of aryl methyl sites for hydroxylation is 1. The quantitative estimate of drug-likeness (QED) is 0.607. The average Bonchev–Trinajstić information content (AvgIpc) is 3.07. The molecule has 1 unspecified atom stereocenters. The number of hydrogen-bond acceptors (Lipinski definition) is 3. The Morgan fingerprint density at radius 1 is 1.36 bits per heavy atom. The summed E-state index contributed by atoms with van der Waals surface area (Å²) < 4.78 is 2.95. The summed E-state index contributed by atoms with van der Waals surface area (Å²) in [5.41, 5.74) is 2.42. The summed E-state index contributed by atoms with van der Waals surface area (Å²) in [7, 11) is 3.77. The number of nitrogens with zero attached hydrogens (tertiary/aromatic N) is 4. The summed E-state index contributed by atoms with van der Waals surface area (Å²) in [4.78, 5) is 6.75. The van der Waals surface area contributed by atoms with Gasteiger partial charge in [-0.15, -0.1) is 0 Å². The number of aromatic nitrogens is 2. The van der Waals surface area contributed by atoms with Gasteiger partial charge in [0.1, 0.15) is 0 Å². The Labute approximate surface area is 157 Å². The smallest absolute Gasteiger partial charge is 0.191 e. The molecule has 0 spiro atoms. The van der Waals surface area contributed by atoms with E-state index in [4.69, 9.17) is 0 Å². The van der Waals surface area contributed by atoms with Gasteiger partial charge in [0.05, 0.1) is 11.9 Å². The van der Waals surface area contributed by atoms with Gasteiger partial charge in [-0.3, -0.25) is 9.67 Å². The van der Waals surface area contributed by atoms with Gasteiger partial charge in [0.2, 0.25) is 0 Å². The molecule has 1 aliphatic rings. The summed E-state index contributed by atoms with van der Waals surface area (Å²) >= 11 is 3.46. The van der Waals surface area contributed by atoms with Crippen molar-refractivity contribution in [2.75, 3.05) is 25.0 Å². The third-order valence-corrected chi connectivity index (χ3v) is 4.94. The molecule has 1 aromatic carbocycles. The van der Waals surface area contributed by atoms with E-state index in [9.17, 15) is 0 Å². The number of nitrogens with one attached hydrogen (secondary N) is 2. The van der Waals surface area contributed by atoms with Crippen LogP contribution in [0.2, 0.25) is 0 Å². The highest BCUT2D eigenvalue weighted by Crippen LogP contribution is 2.19. The molecular formula is C18H25BrN6. The van der Waals surface area contributed by atoms with Crippen molar-refractivity contribution in [2.24, 2.45) is 12.0 Å². The van der Waals surface area contributed by atoms with E-state index in [1.54, 1.807) is 0 Å². The summed E-state index contributed by atoms with van der Waals surface area (Å²) in [5.74, 6) is 0.848. The molecule has 7 heteroatoms. The molecule has 134 valence electrons. The molecule has 1 saturated heterocycles. The zero-order valence-electron chi connectivity index (χ0n) is 14.7. The van der Waals surface area contributed by atoms with Gasteiger partial charge in [-0.25, -0.2) is 0 Å². The molecule has 1 atom stereocenters. The lowest BCUT2D eigenvalue weighted by Crippen LogP contribution is -2.51. The predicted octanol–water partition coefficient (Wildman–Crippen LogP) is 2.52. The van der Waals surface area contributed by atoms with Crippen LogP contribution in [0.15, 0.2) is 46.1 Å². The van der Waals surface area contributed by atoms with Crippen LogP contribution in [0.4, 0.5) is 5.69 Å². The van der Waals surface area contributed by atoms with E-state index in [1.165, 1.54) is 11.3 Å². The van der Waals surface area contributed by atoms with Crippen molar-refractivity contribution in [3.63, 3.8) is 0 Å². The van der Waals surface area contributed by atoms with E-state index < -0.39 is 0 Å². The van der Waals surface area contributed by atoms with Gasteiger partial charge in [-0.2, -0.15) is 5.10 Å². The number of anilines is 1. The molecule has 0 bridgehead atoms. The lowest BCUT2D eigenvalue weighted by molar-refractivity contribution is 0.468. The van der Waals surface area contributed by atoms with E-state index in [-0.39, 0.29) is 0 Å². The fourth-order valence-electron chi connectivity index (χ4n) is 3.08. The molecule has 2 heterocycles. The van der Waals surface area contributed by atoms with Crippen LogP contribution in [0.3, 0.4) is 0 Å². The monoisotopic (exact) mass is 404 g/mol. The fourth-order valence-corrected chi connectivity index (χ4v) is 3.34. The first-order valence-corrected chi connectivity index (χ1v) is 9.38. The second-order valence-electron chi connectivity index (χ2n) is 6.35. The molecule has 1 aliphatic heterocycles. The molecule has 1 aromatic heterocycles. The second-order valence-corrected chi connectivity index (χ2v) is 7.27. The minimum atomic E-state index is 0.380. The lowest BCUT2D eigenvalue weighted by atomic mass is 10.1. The average molecular weight is 405 g/mol. The van der Waals surface area contributed by atoms with Crippen LogP contribution in [0.25, 0.3) is 0 Å². The summed E-state index contributed by atoms with van der Waals surface area (Å²) in [6.07, 6.45) is 6.32. The molecule has 1 fully saturated rings. The van der Waals surface area contributed by atoms with Crippen molar-refractivity contribution in [3.05, 3.63) is 46.7 Å². The van der Waals surface area contributed by atoms with Gasteiger partial charge in [-0.05, 0) is 30.5 Å². The number of benzene rings is 1. The number of halogens is 1. The van der Waals surface area contributed by atoms with Crippen molar-refractivity contribution in [1.82, 2.24) is 20.4 Å². The first-order chi connectivity index (χ1) is 12.1. The second kappa shape index (κ2) is 8.38. The number of hydrogen-bond donors (Lipinski definition) is 2. The van der Waals surface area contributed by atoms with Crippen molar-refractivity contribution < 1.29 is 0 Å². The van der Waals surface area contributed by atoms with Gasteiger partial charge in [0.15, 0.2) is 5.96 Å². The zero-order valence-corrected chi connectivity index (χ0v) is 16.3. The Bertz CT molecular complexity index is 709. The van der Waals surface area contributed by atoms with E-state index in [0.29, 0.717) is 6.04 Å². The van der Waals surface area contributed by atoms with Crippen molar-refractivity contribution in [3.8, 4) is 0 Å². The SMILES string of the molecule is CN=C(NCc1ccc(Br)cc1)NC1CCCN(c2cnn(C)c2)C1. The molecule has 2 aromatic rings. The van der Waals surface area contributed by atoms with Gasteiger partial charge in [-0.1, -0.05) is 28.1 Å². The third-order valence-electron chi connectivity index (χ3n) is 4.42. The standard InChI is InChI=1S/C18H25BrN6/c1-20-18(21-10-14-5-7-15(19)8-6-14)23-16-4-3-9-25(12-16)17-11-22-24(2)13-17/h5-8,11,13,16H,3-4,9-10,12H2,1-2H3,(H2,20,21,23). The molecule has 3 rings (SSSR count). The van der Waals surface area contributed by atoms with Crippen LogP contribution in [-0.4, -0.2) is 41.9 Å². The minimum Gasteiger partial charge on any atom is -0.367 e. The maximum absolute atomic E-state index is 4.37. The van der Waals surface area contributed by atoms with Crippen molar-refractivity contribution in [1.29, 1.82) is 0 Å². The van der Waals surface area contributed by atoms with E-state index in [1.807, 2.05) is 25.0 Å². The Morgan fingerprint density at radius 2 is 2.16 bits per heavy atom. The Morgan fingerprint density at radius 3 is 2.84 bits per heavy atom. The highest BCUT2D eigenvalue weighted by Gasteiger charge is 2.21. The third kappa shape index (κ3) is 4.98. The first kappa shape index (κ1) is 17.8. The van der Waals surface area contributed by atoms with Crippen LogP contribution in [0.5, 0.6) is 0 Å². The van der Waals surface area contributed by atoms with E-state index in [2.05, 4.69) is 72.0 Å². The molecule has 0 saturated carbocycles. The zero-order chi connectivity index (χ0) is 17.6. The van der Waals surface area contributed by atoms with Crippen molar-refractivity contribution >= 4 is 27.6 Å². The number of rotatable bonds is 4. The van der Waals surface area contributed by atoms with Gasteiger partial charge in [0.25, 0.3) is 0 Å². The van der Waals surface area contributed by atoms with Gasteiger partial charge >= 0.3 is 0 Å². The molecule has 0 amide bonds. The maximum atomic E-state index is 4.37. The van der Waals surface area contributed by atoms with Crippen LogP contribution in [0.1, 0.15) is 18.4 Å². The van der Waals surface area contributed by atoms with Crippen LogP contribution in [0, 0.1) is 0 Å². The van der Waals surface area contributed by atoms with Crippen LogP contribution in [-0.2, 0) is 13.6 Å². The van der Waals surface area contributed by atoms with Crippen molar-refractivity contribution in [2.45, 2.75) is 25.4 Å². The van der Waals surface area contributed by atoms with E-state index >= 15 is 0 Å². The Balaban J connectivity index is 1.53. The highest BCUT2D eigenvalue weighted by molar-refractivity contribution is 9.10. The van der Waals surface area contributed by atoms with Crippen LogP contribution >= 0.6 is 15.9 Å². The van der Waals surface area contributed by atoms with Crippen LogP contribution < -0.4 is 15.5 Å². The molecule has 0 aliphatic carbocycles. The Hall–Kier alpha value is -2.02. The molecular weight excluding hydrogens is 380 g/mol. The predicted molar refractivity (Wildman–Crippen MR) is 106 cm³/mol. The summed E-state index contributed by atoms with van der Waals surface area (Å²) in [6.45, 7) is 2.80.